The van der Waals surface area contributed by atoms with E-state index in [4.69, 9.17) is 4.74 Å². The van der Waals surface area contributed by atoms with E-state index in [-0.39, 0.29) is 11.9 Å². The molecule has 4 nitrogen and oxygen atoms in total. The van der Waals surface area contributed by atoms with Gasteiger partial charge in [-0.1, -0.05) is 18.9 Å². The Morgan fingerprint density at radius 3 is 2.65 bits per heavy atom. The predicted molar refractivity (Wildman–Crippen MR) is 93.8 cm³/mol. The molecule has 0 saturated heterocycles. The van der Waals surface area contributed by atoms with Gasteiger partial charge in [0, 0.05) is 4.88 Å². The molecule has 2 aromatic heterocycles. The van der Waals surface area contributed by atoms with Crippen LogP contribution >= 0.6 is 22.7 Å². The minimum Gasteiger partial charge on any atom is -0.465 e. The minimum absolute atomic E-state index is 0.167. The summed E-state index contributed by atoms with van der Waals surface area (Å²) < 4.78 is 4.96. The number of esters is 1. The number of aryl methyl sites for hydroxylation is 1. The average molecular weight is 349 g/mol. The van der Waals surface area contributed by atoms with Crippen molar-refractivity contribution in [1.29, 1.82) is 0 Å². The van der Waals surface area contributed by atoms with Gasteiger partial charge in [-0.2, -0.15) is 0 Å². The summed E-state index contributed by atoms with van der Waals surface area (Å²) in [5, 5.41) is 5.41. The van der Waals surface area contributed by atoms with E-state index in [1.165, 1.54) is 47.5 Å². The van der Waals surface area contributed by atoms with Crippen molar-refractivity contribution in [2.45, 2.75) is 38.5 Å². The second-order valence-electron chi connectivity index (χ2n) is 5.55. The lowest BCUT2D eigenvalue weighted by molar-refractivity contribution is 0.0601. The van der Waals surface area contributed by atoms with Gasteiger partial charge >= 0.3 is 5.97 Å². The smallest absolute Gasteiger partial charge is 0.341 e. The molecule has 0 saturated carbocycles. The van der Waals surface area contributed by atoms with Crippen molar-refractivity contribution in [3.05, 3.63) is 38.4 Å². The monoisotopic (exact) mass is 349 g/mol. The molecule has 0 spiro atoms. The van der Waals surface area contributed by atoms with Gasteiger partial charge in [0.15, 0.2) is 0 Å². The van der Waals surface area contributed by atoms with Crippen LogP contribution in [0.2, 0.25) is 0 Å². The molecule has 0 bridgehead atoms. The number of fused-ring (bicyclic) bond motifs is 1. The topological polar surface area (TPSA) is 55.4 Å². The van der Waals surface area contributed by atoms with Crippen LogP contribution in [0.3, 0.4) is 0 Å². The number of hydrogen-bond acceptors (Lipinski definition) is 5. The number of thiophene rings is 2. The Balaban J connectivity index is 1.96. The van der Waals surface area contributed by atoms with E-state index in [1.807, 2.05) is 11.4 Å². The summed E-state index contributed by atoms with van der Waals surface area (Å²) in [6.07, 6.45) is 6.47. The normalized spacial score (nSPS) is 14.5. The van der Waals surface area contributed by atoms with Gasteiger partial charge in [-0.3, -0.25) is 4.79 Å². The Hall–Kier alpha value is -1.66. The standard InChI is InChI=1S/C17H19NO3S2/c1-21-17(20)14-11-7-4-2-3-5-8-12(11)23-16(14)18-15(19)13-9-6-10-22-13/h6,9-10H,2-5,7-8H2,1H3,(H,18,19). The van der Waals surface area contributed by atoms with Crippen LogP contribution in [0, 0.1) is 0 Å². The highest BCUT2D eigenvalue weighted by Gasteiger charge is 2.26. The average Bonchev–Trinajstić information content (AvgIpc) is 3.15. The van der Waals surface area contributed by atoms with Crippen molar-refractivity contribution < 1.29 is 14.3 Å². The fourth-order valence-corrected chi connectivity index (χ4v) is 4.79. The van der Waals surface area contributed by atoms with Gasteiger partial charge in [0.25, 0.3) is 5.91 Å². The van der Waals surface area contributed by atoms with Crippen molar-refractivity contribution in [2.75, 3.05) is 12.4 Å². The van der Waals surface area contributed by atoms with Crippen LogP contribution < -0.4 is 5.32 Å². The molecule has 1 N–H and O–H groups in total. The fourth-order valence-electron chi connectivity index (χ4n) is 2.90. The van der Waals surface area contributed by atoms with Gasteiger partial charge in [-0.25, -0.2) is 4.79 Å². The molecule has 0 aliphatic heterocycles. The lowest BCUT2D eigenvalue weighted by atomic mass is 9.96. The van der Waals surface area contributed by atoms with Crippen LogP contribution in [0.25, 0.3) is 0 Å². The largest absolute Gasteiger partial charge is 0.465 e. The summed E-state index contributed by atoms with van der Waals surface area (Å²) in [6, 6.07) is 3.62. The number of ether oxygens (including phenoxy) is 1. The Morgan fingerprint density at radius 2 is 1.96 bits per heavy atom. The van der Waals surface area contributed by atoms with E-state index >= 15 is 0 Å². The van der Waals surface area contributed by atoms with E-state index in [0.717, 1.165) is 31.2 Å². The molecule has 6 heteroatoms. The van der Waals surface area contributed by atoms with E-state index in [1.54, 1.807) is 6.07 Å². The summed E-state index contributed by atoms with van der Waals surface area (Å²) in [7, 11) is 1.39. The summed E-state index contributed by atoms with van der Waals surface area (Å²) in [5.74, 6) is -0.524. The van der Waals surface area contributed by atoms with Crippen LogP contribution in [-0.2, 0) is 17.6 Å². The number of anilines is 1. The first-order valence-electron chi connectivity index (χ1n) is 7.78. The predicted octanol–water partition coefficient (Wildman–Crippen LogP) is 4.51. The molecule has 23 heavy (non-hydrogen) atoms. The molecule has 1 aliphatic rings. The Morgan fingerprint density at radius 1 is 1.17 bits per heavy atom. The first kappa shape index (κ1) is 16.2. The van der Waals surface area contributed by atoms with Crippen LogP contribution in [0.4, 0.5) is 5.00 Å². The van der Waals surface area contributed by atoms with Crippen molar-refractivity contribution in [1.82, 2.24) is 0 Å². The first-order chi connectivity index (χ1) is 11.2. The Bertz CT molecular complexity index is 704. The number of amides is 1. The SMILES string of the molecule is COC(=O)c1c(NC(=O)c2cccs2)sc2c1CCCCCC2. The molecule has 0 fully saturated rings. The number of rotatable bonds is 3. The van der Waals surface area contributed by atoms with Crippen molar-refractivity contribution in [2.24, 2.45) is 0 Å². The van der Waals surface area contributed by atoms with Gasteiger partial charge in [0.1, 0.15) is 5.00 Å². The van der Waals surface area contributed by atoms with Gasteiger partial charge in [0.05, 0.1) is 17.6 Å². The van der Waals surface area contributed by atoms with Crippen molar-refractivity contribution in [3.63, 3.8) is 0 Å². The van der Waals surface area contributed by atoms with Gasteiger partial charge in [0.2, 0.25) is 0 Å². The molecule has 0 aromatic carbocycles. The lowest BCUT2D eigenvalue weighted by Gasteiger charge is -2.10. The number of hydrogen-bond donors (Lipinski definition) is 1. The molecular formula is C17H19NO3S2. The van der Waals surface area contributed by atoms with E-state index in [9.17, 15) is 9.59 Å². The molecule has 0 radical (unpaired) electrons. The van der Waals surface area contributed by atoms with Crippen LogP contribution in [0.5, 0.6) is 0 Å². The molecular weight excluding hydrogens is 330 g/mol. The molecule has 1 aliphatic carbocycles. The summed E-state index contributed by atoms with van der Waals surface area (Å²) in [6.45, 7) is 0. The highest BCUT2D eigenvalue weighted by atomic mass is 32.1. The molecule has 0 unspecified atom stereocenters. The third-order valence-electron chi connectivity index (χ3n) is 4.03. The van der Waals surface area contributed by atoms with Gasteiger partial charge in [-0.05, 0) is 42.7 Å². The van der Waals surface area contributed by atoms with Gasteiger partial charge in [-0.15, -0.1) is 22.7 Å². The molecule has 122 valence electrons. The zero-order valence-electron chi connectivity index (χ0n) is 13.0. The number of carbonyl (C=O) groups excluding carboxylic acids is 2. The van der Waals surface area contributed by atoms with E-state index in [0.29, 0.717) is 15.4 Å². The maximum atomic E-state index is 12.3. The van der Waals surface area contributed by atoms with E-state index < -0.39 is 0 Å². The highest BCUT2D eigenvalue weighted by Crippen LogP contribution is 2.37. The third-order valence-corrected chi connectivity index (χ3v) is 6.11. The van der Waals surface area contributed by atoms with E-state index in [2.05, 4.69) is 5.32 Å². The van der Waals surface area contributed by atoms with Gasteiger partial charge < -0.3 is 10.1 Å². The number of methoxy groups -OCH3 is 1. The zero-order chi connectivity index (χ0) is 16.2. The maximum Gasteiger partial charge on any atom is 0.341 e. The number of carbonyl (C=O) groups is 2. The minimum atomic E-state index is -0.357. The second-order valence-corrected chi connectivity index (χ2v) is 7.60. The Kier molecular flexibility index (Phi) is 5.13. The van der Waals surface area contributed by atoms with Crippen LogP contribution in [0.1, 0.15) is 56.2 Å². The molecule has 3 rings (SSSR count). The zero-order valence-corrected chi connectivity index (χ0v) is 14.6. The van der Waals surface area contributed by atoms with Crippen LogP contribution in [-0.4, -0.2) is 19.0 Å². The number of nitrogens with one attached hydrogen (secondary N) is 1. The molecule has 2 aromatic rings. The van der Waals surface area contributed by atoms with Crippen molar-refractivity contribution >= 4 is 39.6 Å². The Labute approximate surface area is 143 Å². The summed E-state index contributed by atoms with van der Waals surface area (Å²) in [4.78, 5) is 26.5. The molecule has 2 heterocycles. The fraction of sp³-hybridized carbons (Fsp3) is 0.412. The highest BCUT2D eigenvalue weighted by molar-refractivity contribution is 7.17. The van der Waals surface area contributed by atoms with Crippen LogP contribution in [0.15, 0.2) is 17.5 Å². The third kappa shape index (κ3) is 3.48. The summed E-state index contributed by atoms with van der Waals surface area (Å²) in [5.41, 5.74) is 1.63. The quantitative estimate of drug-likeness (QED) is 0.830. The lowest BCUT2D eigenvalue weighted by Crippen LogP contribution is -2.13. The molecule has 1 amide bonds. The maximum absolute atomic E-state index is 12.3. The van der Waals surface area contributed by atoms with Crippen molar-refractivity contribution in [3.8, 4) is 0 Å². The second kappa shape index (κ2) is 7.27. The molecule has 0 atom stereocenters. The first-order valence-corrected chi connectivity index (χ1v) is 9.48. The summed E-state index contributed by atoms with van der Waals surface area (Å²) >= 11 is 2.91.